The molecule has 5 aliphatic rings. The van der Waals surface area contributed by atoms with Gasteiger partial charge in [0.05, 0.1) is 5.41 Å². The summed E-state index contributed by atoms with van der Waals surface area (Å²) in [6.07, 6.45) is 12.8. The van der Waals surface area contributed by atoms with E-state index in [4.69, 9.17) is 14.3 Å². The lowest BCUT2D eigenvalue weighted by atomic mass is 9.32. The van der Waals surface area contributed by atoms with E-state index in [1.807, 2.05) is 20.8 Å². The van der Waals surface area contributed by atoms with Crippen LogP contribution in [0, 0.1) is 63.6 Å². The SMILES string of the molecule is C=C(C)[C@@H]1CC[C@]2(C(=O)NCCN(C)C(=O)OC(C)(C)C)CC[C@]3(C)[C@H](CC[C@@H]4[C@@]5(C)CC=C(c6ccc(C)cc6)C(C)(C)[C@@H]5CC[C@]43C)[C@@H]12.O=C=O. The summed E-state index contributed by atoms with van der Waals surface area (Å²) in [5.41, 5.74) is 5.40. The van der Waals surface area contributed by atoms with Crippen LogP contribution >= 0.6 is 0 Å². The van der Waals surface area contributed by atoms with Crippen molar-refractivity contribution in [1.82, 2.24) is 10.2 Å². The van der Waals surface area contributed by atoms with Crippen LogP contribution in [-0.4, -0.2) is 48.8 Å². The third-order valence-electron chi connectivity index (χ3n) is 15.9. The van der Waals surface area contributed by atoms with Crippen molar-refractivity contribution in [2.45, 2.75) is 133 Å². The molecular weight excluding hydrogens is 661 g/mol. The first-order chi connectivity index (χ1) is 24.6. The van der Waals surface area contributed by atoms with E-state index in [9.17, 15) is 9.59 Å². The second kappa shape index (κ2) is 14.5. The van der Waals surface area contributed by atoms with Crippen LogP contribution in [0.15, 0.2) is 42.5 Å². The number of hydrogen-bond acceptors (Lipinski definition) is 5. The van der Waals surface area contributed by atoms with E-state index < -0.39 is 5.60 Å². The first kappa shape index (κ1) is 41.0. The van der Waals surface area contributed by atoms with E-state index in [2.05, 4.69) is 90.7 Å². The number of nitrogens with zero attached hydrogens (tertiary/aromatic N) is 1. The van der Waals surface area contributed by atoms with Gasteiger partial charge in [-0.25, -0.2) is 4.79 Å². The van der Waals surface area contributed by atoms with Crippen molar-refractivity contribution in [2.24, 2.45) is 56.7 Å². The number of rotatable bonds is 6. The lowest BCUT2D eigenvalue weighted by Crippen LogP contribution is -2.66. The monoisotopic (exact) mass is 729 g/mol. The Morgan fingerprint density at radius 2 is 1.57 bits per heavy atom. The highest BCUT2D eigenvalue weighted by Crippen LogP contribution is 2.77. The molecule has 0 spiro atoms. The number of fused-ring (bicyclic) bond motifs is 7. The summed E-state index contributed by atoms with van der Waals surface area (Å²) in [6.45, 7) is 28.5. The zero-order valence-electron chi connectivity index (χ0n) is 34.7. The number of nitrogens with one attached hydrogen (secondary N) is 1. The van der Waals surface area contributed by atoms with Crippen molar-refractivity contribution in [3.63, 3.8) is 0 Å². The van der Waals surface area contributed by atoms with Crippen LogP contribution in [0.2, 0.25) is 0 Å². The predicted molar refractivity (Wildman–Crippen MR) is 210 cm³/mol. The van der Waals surface area contributed by atoms with Crippen LogP contribution in [-0.2, 0) is 19.1 Å². The van der Waals surface area contributed by atoms with Crippen molar-refractivity contribution in [2.75, 3.05) is 20.1 Å². The van der Waals surface area contributed by atoms with Crippen molar-refractivity contribution < 1.29 is 23.9 Å². The molecule has 0 aliphatic heterocycles. The maximum absolute atomic E-state index is 14.5. The van der Waals surface area contributed by atoms with Gasteiger partial charge in [0, 0.05) is 20.1 Å². The van der Waals surface area contributed by atoms with Crippen molar-refractivity contribution in [3.8, 4) is 0 Å². The molecular formula is C46H68N2O5. The Balaban J connectivity index is 0.00000175. The summed E-state index contributed by atoms with van der Waals surface area (Å²) in [5, 5.41) is 3.34. The normalized spacial score (nSPS) is 36.7. The van der Waals surface area contributed by atoms with Crippen LogP contribution in [0.1, 0.15) is 131 Å². The summed E-state index contributed by atoms with van der Waals surface area (Å²) in [4.78, 5) is 44.9. The molecule has 9 atom stereocenters. The zero-order valence-corrected chi connectivity index (χ0v) is 34.7. The molecule has 0 radical (unpaired) electrons. The molecule has 7 nitrogen and oxygen atoms in total. The van der Waals surface area contributed by atoms with E-state index in [0.29, 0.717) is 42.7 Å². The van der Waals surface area contributed by atoms with E-state index in [0.717, 1.165) is 32.1 Å². The maximum Gasteiger partial charge on any atom is 0.410 e. The second-order valence-electron chi connectivity index (χ2n) is 20.0. The largest absolute Gasteiger partial charge is 0.444 e. The maximum atomic E-state index is 14.5. The van der Waals surface area contributed by atoms with Gasteiger partial charge >= 0.3 is 12.2 Å². The molecule has 0 heterocycles. The van der Waals surface area contributed by atoms with Crippen molar-refractivity contribution in [1.29, 1.82) is 0 Å². The van der Waals surface area contributed by atoms with E-state index in [1.54, 1.807) is 17.5 Å². The number of amides is 2. The highest BCUT2D eigenvalue weighted by Gasteiger charge is 2.71. The fraction of sp³-hybridized carbons (Fsp3) is 0.717. The van der Waals surface area contributed by atoms with Gasteiger partial charge in [-0.2, -0.15) is 9.59 Å². The standard InChI is InChI=1S/C45H68N2O3.CO2/c1-29(2)32-19-24-45(38(48)46-27-28-47(12)39(49)50-40(4,5)6)26-25-43(10)34(37(32)45)17-18-36-42(9)22-20-33(31-15-13-30(3)14-16-31)41(7,8)35(42)21-23-44(36,43)11;2-1-3/h13-16,20,32,34-37H,1,17-19,21-28H2,2-12H3,(H,46,48);/t32-,34+,35-,36+,37+,42-,43+,44+,45-;/m0./s1. The lowest BCUT2D eigenvalue weighted by molar-refractivity contribution is -0.225. The minimum atomic E-state index is -0.544. The fourth-order valence-corrected chi connectivity index (χ4v) is 13.3. The van der Waals surface area contributed by atoms with Crippen LogP contribution in [0.5, 0.6) is 0 Å². The molecule has 7 heteroatoms. The number of hydrogen-bond donors (Lipinski definition) is 1. The highest BCUT2D eigenvalue weighted by atomic mass is 16.6. The molecule has 5 aliphatic carbocycles. The molecule has 0 saturated heterocycles. The Hall–Kier alpha value is -3.18. The van der Waals surface area contributed by atoms with Gasteiger partial charge in [-0.05, 0) is 155 Å². The Kier molecular flexibility index (Phi) is 11.2. The first-order valence-electron chi connectivity index (χ1n) is 20.3. The zero-order chi connectivity index (χ0) is 39.4. The van der Waals surface area contributed by atoms with Gasteiger partial charge in [0.1, 0.15) is 5.60 Å². The lowest BCUT2D eigenvalue weighted by Gasteiger charge is -2.72. The smallest absolute Gasteiger partial charge is 0.410 e. The summed E-state index contributed by atoms with van der Waals surface area (Å²) in [7, 11) is 1.75. The molecule has 1 N–H and O–H groups in total. The van der Waals surface area contributed by atoms with Gasteiger partial charge in [-0.1, -0.05) is 82.7 Å². The third kappa shape index (κ3) is 6.87. The Bertz CT molecular complexity index is 1630. The number of carbonyl (C=O) groups is 2. The molecule has 292 valence electrons. The van der Waals surface area contributed by atoms with Crippen LogP contribution in [0.3, 0.4) is 0 Å². The predicted octanol–water partition coefficient (Wildman–Crippen LogP) is 10.0. The van der Waals surface area contributed by atoms with Crippen LogP contribution in [0.25, 0.3) is 5.57 Å². The molecule has 0 bridgehead atoms. The second-order valence-corrected chi connectivity index (χ2v) is 20.0. The Morgan fingerprint density at radius 1 is 0.925 bits per heavy atom. The molecule has 1 aromatic carbocycles. The minimum Gasteiger partial charge on any atom is -0.444 e. The Morgan fingerprint density at radius 3 is 2.17 bits per heavy atom. The number of allylic oxidation sites excluding steroid dienone is 3. The fourth-order valence-electron chi connectivity index (χ4n) is 13.3. The van der Waals surface area contributed by atoms with E-state index in [1.165, 1.54) is 42.4 Å². The number of carbonyl (C=O) groups excluding carboxylic acids is 4. The van der Waals surface area contributed by atoms with Gasteiger partial charge in [0.15, 0.2) is 0 Å². The average Bonchev–Trinajstić information content (AvgIpc) is 3.46. The summed E-state index contributed by atoms with van der Waals surface area (Å²) in [6, 6.07) is 9.22. The van der Waals surface area contributed by atoms with Gasteiger partial charge in [-0.3, -0.25) is 4.79 Å². The number of benzene rings is 1. The van der Waals surface area contributed by atoms with Gasteiger partial charge in [-0.15, -0.1) is 0 Å². The summed E-state index contributed by atoms with van der Waals surface area (Å²) in [5.74, 6) is 2.73. The van der Waals surface area contributed by atoms with Crippen molar-refractivity contribution >= 4 is 23.7 Å². The minimum absolute atomic E-state index is 0.120. The molecule has 6 rings (SSSR count). The molecule has 4 fully saturated rings. The van der Waals surface area contributed by atoms with E-state index >= 15 is 0 Å². The van der Waals surface area contributed by atoms with Crippen LogP contribution in [0.4, 0.5) is 4.79 Å². The molecule has 1 aromatic rings. The van der Waals surface area contributed by atoms with Gasteiger partial charge in [0.2, 0.25) is 5.91 Å². The number of ether oxygens (including phenoxy) is 1. The molecule has 0 unspecified atom stereocenters. The molecule has 2 amide bonds. The number of likely N-dealkylation sites (N-methyl/N-ethyl adjacent to an activating group) is 1. The molecule has 0 aromatic heterocycles. The topological polar surface area (TPSA) is 92.8 Å². The Labute approximate surface area is 320 Å². The quantitative estimate of drug-likeness (QED) is 0.295. The van der Waals surface area contributed by atoms with Gasteiger partial charge in [0.25, 0.3) is 0 Å². The third-order valence-corrected chi connectivity index (χ3v) is 15.9. The van der Waals surface area contributed by atoms with Crippen LogP contribution < -0.4 is 5.32 Å². The van der Waals surface area contributed by atoms with Crippen molar-refractivity contribution in [3.05, 3.63) is 53.6 Å². The summed E-state index contributed by atoms with van der Waals surface area (Å²) < 4.78 is 5.55. The highest BCUT2D eigenvalue weighted by molar-refractivity contribution is 5.84. The van der Waals surface area contributed by atoms with E-state index in [-0.39, 0.29) is 45.2 Å². The summed E-state index contributed by atoms with van der Waals surface area (Å²) >= 11 is 0. The average molecular weight is 729 g/mol. The molecule has 53 heavy (non-hydrogen) atoms. The number of aryl methyl sites for hydroxylation is 1. The first-order valence-corrected chi connectivity index (χ1v) is 20.3. The molecule has 4 saturated carbocycles. The van der Waals surface area contributed by atoms with Gasteiger partial charge < -0.3 is 15.0 Å².